The van der Waals surface area contributed by atoms with Gasteiger partial charge in [-0.2, -0.15) is 0 Å². The summed E-state index contributed by atoms with van der Waals surface area (Å²) in [6, 6.07) is 0. The number of nitrogens with zero attached hydrogens (tertiary/aromatic N) is 2. The molecule has 5 nitrogen and oxygen atoms in total. The van der Waals surface area contributed by atoms with Crippen LogP contribution >= 0.6 is 0 Å². The van der Waals surface area contributed by atoms with Crippen LogP contribution in [-0.4, -0.2) is 35.3 Å². The summed E-state index contributed by atoms with van der Waals surface area (Å²) in [7, 11) is 1.83. The molecule has 0 aliphatic rings. The number of nitrogens with one attached hydrogen (secondary N) is 1. The lowest BCUT2D eigenvalue weighted by Gasteiger charge is -2.15. The maximum Gasteiger partial charge on any atom is 0.222 e. The average molecular weight is 225 g/mol. The summed E-state index contributed by atoms with van der Waals surface area (Å²) >= 11 is 0. The average Bonchev–Trinajstić information content (AvgIpc) is 2.28. The lowest BCUT2D eigenvalue weighted by atomic mass is 10.1. The van der Waals surface area contributed by atoms with E-state index in [1.165, 1.54) is 6.33 Å². The maximum atomic E-state index is 8.70. The number of anilines is 1. The van der Waals surface area contributed by atoms with Gasteiger partial charge in [0, 0.05) is 20.1 Å². The molecule has 0 aliphatic heterocycles. The van der Waals surface area contributed by atoms with E-state index >= 15 is 0 Å². The van der Waals surface area contributed by atoms with Gasteiger partial charge in [0.15, 0.2) is 0 Å². The minimum atomic E-state index is 0.126. The highest BCUT2D eigenvalue weighted by atomic mass is 16.5. The number of rotatable bonds is 6. The van der Waals surface area contributed by atoms with Crippen LogP contribution in [0, 0.1) is 0 Å². The van der Waals surface area contributed by atoms with Crippen LogP contribution in [0.2, 0.25) is 0 Å². The quantitative estimate of drug-likeness (QED) is 0.716. The first kappa shape index (κ1) is 12.7. The predicted octanol–water partition coefficient (Wildman–Crippen LogP) is 1.40. The molecule has 1 aromatic rings. The third-order valence-electron chi connectivity index (χ3n) is 2.20. The van der Waals surface area contributed by atoms with Crippen LogP contribution in [-0.2, 0) is 0 Å². The fourth-order valence-corrected chi connectivity index (χ4v) is 1.45. The van der Waals surface area contributed by atoms with Crippen molar-refractivity contribution in [3.63, 3.8) is 0 Å². The first-order valence-corrected chi connectivity index (χ1v) is 5.47. The van der Waals surface area contributed by atoms with Crippen molar-refractivity contribution in [3.05, 3.63) is 11.9 Å². The van der Waals surface area contributed by atoms with Crippen LogP contribution in [0.4, 0.5) is 5.82 Å². The molecular formula is C11H19N3O2. The first-order chi connectivity index (χ1) is 7.70. The molecule has 90 valence electrons. The Labute approximate surface area is 95.9 Å². The van der Waals surface area contributed by atoms with Crippen LogP contribution in [0.5, 0.6) is 5.88 Å². The summed E-state index contributed by atoms with van der Waals surface area (Å²) < 4.78 is 5.53. The molecule has 0 radical (unpaired) electrons. The number of aromatic nitrogens is 2. The van der Waals surface area contributed by atoms with Gasteiger partial charge in [-0.05, 0) is 5.92 Å². The van der Waals surface area contributed by atoms with E-state index < -0.39 is 0 Å². The van der Waals surface area contributed by atoms with Gasteiger partial charge in [-0.3, -0.25) is 0 Å². The van der Waals surface area contributed by atoms with Gasteiger partial charge >= 0.3 is 0 Å². The molecule has 0 aliphatic carbocycles. The molecule has 1 rings (SSSR count). The Morgan fingerprint density at radius 2 is 2.19 bits per heavy atom. The monoisotopic (exact) mass is 225 g/mol. The third kappa shape index (κ3) is 3.06. The fraction of sp³-hybridized carbons (Fsp3) is 0.636. The second-order valence-electron chi connectivity index (χ2n) is 3.77. The predicted molar refractivity (Wildman–Crippen MR) is 62.9 cm³/mol. The van der Waals surface area contributed by atoms with Gasteiger partial charge in [-0.15, -0.1) is 0 Å². The largest absolute Gasteiger partial charge is 0.477 e. The molecule has 2 N–H and O–H groups in total. The van der Waals surface area contributed by atoms with E-state index in [-0.39, 0.29) is 12.5 Å². The molecule has 0 saturated carbocycles. The first-order valence-electron chi connectivity index (χ1n) is 5.47. The zero-order valence-corrected chi connectivity index (χ0v) is 10.0. The molecule has 0 atom stereocenters. The summed E-state index contributed by atoms with van der Waals surface area (Å²) in [5, 5.41) is 11.7. The minimum Gasteiger partial charge on any atom is -0.477 e. The van der Waals surface area contributed by atoms with Crippen LogP contribution in [0.3, 0.4) is 0 Å². The van der Waals surface area contributed by atoms with Gasteiger partial charge in [0.25, 0.3) is 0 Å². The Morgan fingerprint density at radius 1 is 1.44 bits per heavy atom. The van der Waals surface area contributed by atoms with E-state index in [1.54, 1.807) is 0 Å². The number of aliphatic hydroxyl groups excluding tert-OH is 1. The van der Waals surface area contributed by atoms with Crippen molar-refractivity contribution >= 4 is 5.82 Å². The summed E-state index contributed by atoms with van der Waals surface area (Å²) in [6.45, 7) is 4.73. The number of hydrogen-bond donors (Lipinski definition) is 2. The lowest BCUT2D eigenvalue weighted by Crippen LogP contribution is -2.08. The van der Waals surface area contributed by atoms with E-state index in [4.69, 9.17) is 9.84 Å². The van der Waals surface area contributed by atoms with Crippen LogP contribution in [0.1, 0.15) is 31.7 Å². The van der Waals surface area contributed by atoms with Crippen molar-refractivity contribution in [1.29, 1.82) is 0 Å². The van der Waals surface area contributed by atoms with Gasteiger partial charge in [0.2, 0.25) is 5.88 Å². The lowest BCUT2D eigenvalue weighted by molar-refractivity contribution is 0.227. The van der Waals surface area contributed by atoms with Crippen molar-refractivity contribution in [3.8, 4) is 5.88 Å². The van der Waals surface area contributed by atoms with Crippen LogP contribution in [0.15, 0.2) is 6.33 Å². The van der Waals surface area contributed by atoms with E-state index in [2.05, 4.69) is 29.1 Å². The summed E-state index contributed by atoms with van der Waals surface area (Å²) in [6.07, 6.45) is 2.09. The zero-order chi connectivity index (χ0) is 12.0. The maximum absolute atomic E-state index is 8.70. The van der Waals surface area contributed by atoms with Crippen molar-refractivity contribution in [2.45, 2.75) is 26.2 Å². The highest BCUT2D eigenvalue weighted by molar-refractivity contribution is 5.50. The van der Waals surface area contributed by atoms with Gasteiger partial charge in [0.1, 0.15) is 12.1 Å². The molecule has 0 aromatic carbocycles. The summed E-state index contributed by atoms with van der Waals surface area (Å²) in [5.41, 5.74) is 0.975. The number of aliphatic hydroxyl groups is 1. The molecule has 0 spiro atoms. The Morgan fingerprint density at radius 3 is 2.75 bits per heavy atom. The third-order valence-corrected chi connectivity index (χ3v) is 2.20. The van der Waals surface area contributed by atoms with E-state index in [1.807, 2.05) is 7.05 Å². The van der Waals surface area contributed by atoms with Gasteiger partial charge in [-0.25, -0.2) is 9.97 Å². The zero-order valence-electron chi connectivity index (χ0n) is 10.0. The Kier molecular flexibility index (Phi) is 4.98. The van der Waals surface area contributed by atoms with E-state index in [9.17, 15) is 0 Å². The SMILES string of the molecule is CNc1ncnc(OCCCO)c1C(C)C. The van der Waals surface area contributed by atoms with Crippen LogP contribution < -0.4 is 10.1 Å². The van der Waals surface area contributed by atoms with Gasteiger partial charge in [0.05, 0.1) is 12.2 Å². The normalized spacial score (nSPS) is 10.6. The molecule has 0 unspecified atom stereocenters. The second kappa shape index (κ2) is 6.27. The highest BCUT2D eigenvalue weighted by Gasteiger charge is 2.14. The van der Waals surface area contributed by atoms with Crippen molar-refractivity contribution in [1.82, 2.24) is 9.97 Å². The fourth-order valence-electron chi connectivity index (χ4n) is 1.45. The Bertz CT molecular complexity index is 329. The van der Waals surface area contributed by atoms with Crippen LogP contribution in [0.25, 0.3) is 0 Å². The molecule has 0 fully saturated rings. The Hall–Kier alpha value is -1.36. The van der Waals surface area contributed by atoms with E-state index in [0.29, 0.717) is 18.9 Å². The molecule has 0 amide bonds. The molecule has 0 saturated heterocycles. The van der Waals surface area contributed by atoms with Crippen molar-refractivity contribution in [2.75, 3.05) is 25.6 Å². The smallest absolute Gasteiger partial charge is 0.222 e. The van der Waals surface area contributed by atoms with E-state index in [0.717, 1.165) is 11.4 Å². The minimum absolute atomic E-state index is 0.126. The Balaban J connectivity index is 2.89. The molecule has 16 heavy (non-hydrogen) atoms. The molecule has 1 heterocycles. The summed E-state index contributed by atoms with van der Waals surface area (Å²) in [5.74, 6) is 1.68. The molecule has 0 bridgehead atoms. The standard InChI is InChI=1S/C11H19N3O2/c1-8(2)9-10(12-3)13-7-14-11(9)16-6-4-5-15/h7-8,15H,4-6H2,1-3H3,(H,12,13,14). The molecular weight excluding hydrogens is 206 g/mol. The van der Waals surface area contributed by atoms with Crippen molar-refractivity contribution < 1.29 is 9.84 Å². The molecule has 1 aromatic heterocycles. The number of ether oxygens (including phenoxy) is 1. The van der Waals surface area contributed by atoms with Gasteiger partial charge < -0.3 is 15.2 Å². The second-order valence-corrected chi connectivity index (χ2v) is 3.77. The topological polar surface area (TPSA) is 67.3 Å². The summed E-state index contributed by atoms with van der Waals surface area (Å²) in [4.78, 5) is 8.28. The number of hydrogen-bond acceptors (Lipinski definition) is 5. The highest BCUT2D eigenvalue weighted by Crippen LogP contribution is 2.29. The molecule has 5 heteroatoms. The van der Waals surface area contributed by atoms with Crippen molar-refractivity contribution in [2.24, 2.45) is 0 Å². The van der Waals surface area contributed by atoms with Gasteiger partial charge in [-0.1, -0.05) is 13.8 Å².